The van der Waals surface area contributed by atoms with Crippen molar-refractivity contribution in [1.82, 2.24) is 0 Å². The molecule has 86 valence electrons. The van der Waals surface area contributed by atoms with Crippen LogP contribution in [0.4, 0.5) is 0 Å². The third-order valence-corrected chi connectivity index (χ3v) is 2.70. The molecule has 0 aromatic heterocycles. The molecule has 0 spiro atoms. The van der Waals surface area contributed by atoms with Crippen LogP contribution < -0.4 is 0 Å². The average molecular weight is 216 g/mol. The Morgan fingerprint density at radius 3 is 2.47 bits per heavy atom. The van der Waals surface area contributed by atoms with Gasteiger partial charge in [0.25, 0.3) is 0 Å². The van der Waals surface area contributed by atoms with Gasteiger partial charge < -0.3 is 18.9 Å². The van der Waals surface area contributed by atoms with Gasteiger partial charge in [0.05, 0.1) is 13.7 Å². The third-order valence-electron chi connectivity index (χ3n) is 2.70. The minimum absolute atomic E-state index is 0.0594. The maximum Gasteiger partial charge on any atom is 0.340 e. The van der Waals surface area contributed by atoms with Crippen molar-refractivity contribution in [2.24, 2.45) is 0 Å². The molecule has 0 bridgehead atoms. The van der Waals surface area contributed by atoms with E-state index in [1.54, 1.807) is 20.8 Å². The van der Waals surface area contributed by atoms with E-state index in [1.807, 2.05) is 0 Å². The molecule has 0 saturated carbocycles. The molecule has 0 radical (unpaired) electrons. The fraction of sp³-hybridized carbons (Fsp3) is 0.900. The van der Waals surface area contributed by atoms with Gasteiger partial charge in [-0.05, 0) is 20.8 Å². The second kappa shape index (κ2) is 3.17. The van der Waals surface area contributed by atoms with Gasteiger partial charge in [0.1, 0.15) is 12.2 Å². The Morgan fingerprint density at radius 2 is 2.00 bits per heavy atom. The van der Waals surface area contributed by atoms with Crippen LogP contribution in [0.2, 0.25) is 0 Å². The molecule has 2 aliphatic rings. The van der Waals surface area contributed by atoms with Gasteiger partial charge >= 0.3 is 5.97 Å². The lowest BCUT2D eigenvalue weighted by Gasteiger charge is -2.24. The minimum Gasteiger partial charge on any atom is -0.467 e. The molecule has 15 heavy (non-hydrogen) atoms. The lowest BCUT2D eigenvalue weighted by molar-refractivity contribution is -0.184. The Morgan fingerprint density at radius 1 is 1.40 bits per heavy atom. The maximum absolute atomic E-state index is 11.7. The zero-order valence-electron chi connectivity index (χ0n) is 9.40. The summed E-state index contributed by atoms with van der Waals surface area (Å²) >= 11 is 0. The largest absolute Gasteiger partial charge is 0.467 e. The summed E-state index contributed by atoms with van der Waals surface area (Å²) in [6.07, 6.45) is -0.448. The molecule has 2 saturated heterocycles. The van der Waals surface area contributed by atoms with Gasteiger partial charge in [-0.25, -0.2) is 4.79 Å². The van der Waals surface area contributed by atoms with E-state index in [0.29, 0.717) is 6.61 Å². The predicted octanol–water partition coefficient (Wildman–Crippen LogP) is 0.468. The van der Waals surface area contributed by atoms with E-state index in [9.17, 15) is 4.79 Å². The summed E-state index contributed by atoms with van der Waals surface area (Å²) in [5, 5.41) is 0. The van der Waals surface area contributed by atoms with E-state index in [2.05, 4.69) is 0 Å². The van der Waals surface area contributed by atoms with Crippen molar-refractivity contribution in [3.05, 3.63) is 0 Å². The van der Waals surface area contributed by atoms with E-state index in [-0.39, 0.29) is 12.2 Å². The van der Waals surface area contributed by atoms with Crippen molar-refractivity contribution >= 4 is 5.97 Å². The molecule has 0 aromatic carbocycles. The summed E-state index contributed by atoms with van der Waals surface area (Å²) < 4.78 is 21.2. The summed E-state index contributed by atoms with van der Waals surface area (Å²) in [7, 11) is 1.34. The standard InChI is InChI=1S/C10H16O5/c1-9(2)14-7(6-5-13-6)10(3,15-9)8(11)12-4/h6-7H,5H2,1-4H3/t6-,7-,10-/m1/s1. The Kier molecular flexibility index (Phi) is 2.29. The molecule has 3 atom stereocenters. The zero-order chi connectivity index (χ0) is 11.3. The Balaban J connectivity index is 2.24. The van der Waals surface area contributed by atoms with E-state index < -0.39 is 17.4 Å². The Hall–Kier alpha value is -0.650. The predicted molar refractivity (Wildman–Crippen MR) is 50.2 cm³/mol. The molecule has 0 aromatic rings. The SMILES string of the molecule is COC(=O)[C@]1(C)OC(C)(C)O[C@@H]1[C@H]1CO1. The topological polar surface area (TPSA) is 57.3 Å². The van der Waals surface area contributed by atoms with Gasteiger partial charge in [-0.15, -0.1) is 0 Å². The molecule has 2 heterocycles. The Bertz CT molecular complexity index is 284. The van der Waals surface area contributed by atoms with Crippen molar-refractivity contribution in [2.45, 2.75) is 44.4 Å². The summed E-state index contributed by atoms with van der Waals surface area (Å²) in [5.41, 5.74) is -1.07. The number of methoxy groups -OCH3 is 1. The van der Waals surface area contributed by atoms with Gasteiger partial charge in [-0.3, -0.25) is 0 Å². The summed E-state index contributed by atoms with van der Waals surface area (Å²) in [6, 6.07) is 0. The lowest BCUT2D eigenvalue weighted by atomic mass is 9.97. The first-order chi connectivity index (χ1) is 6.89. The number of hydrogen-bond acceptors (Lipinski definition) is 5. The number of esters is 1. The molecule has 2 aliphatic heterocycles. The van der Waals surface area contributed by atoms with Crippen LogP contribution in [-0.4, -0.2) is 43.3 Å². The number of epoxide rings is 1. The molecule has 2 rings (SSSR count). The Labute approximate surface area is 88.6 Å². The van der Waals surface area contributed by atoms with Crippen LogP contribution in [0.25, 0.3) is 0 Å². The van der Waals surface area contributed by atoms with E-state index in [1.165, 1.54) is 7.11 Å². The second-order valence-corrected chi connectivity index (χ2v) is 4.51. The van der Waals surface area contributed by atoms with Crippen LogP contribution in [0, 0.1) is 0 Å². The van der Waals surface area contributed by atoms with Crippen molar-refractivity contribution < 1.29 is 23.7 Å². The smallest absolute Gasteiger partial charge is 0.340 e. The van der Waals surface area contributed by atoms with E-state index >= 15 is 0 Å². The molecule has 0 unspecified atom stereocenters. The number of carbonyl (C=O) groups is 1. The van der Waals surface area contributed by atoms with Crippen molar-refractivity contribution in [2.75, 3.05) is 13.7 Å². The summed E-state index contributed by atoms with van der Waals surface area (Å²) in [6.45, 7) is 5.84. The van der Waals surface area contributed by atoms with E-state index in [0.717, 1.165) is 0 Å². The van der Waals surface area contributed by atoms with Gasteiger partial charge in [-0.1, -0.05) is 0 Å². The quantitative estimate of drug-likeness (QED) is 0.496. The maximum atomic E-state index is 11.7. The van der Waals surface area contributed by atoms with Crippen molar-refractivity contribution in [3.8, 4) is 0 Å². The first-order valence-corrected chi connectivity index (χ1v) is 4.97. The molecule has 0 N–H and O–H groups in total. The van der Waals surface area contributed by atoms with Crippen LogP contribution in [-0.2, 0) is 23.7 Å². The van der Waals surface area contributed by atoms with Gasteiger partial charge in [0.15, 0.2) is 11.4 Å². The highest BCUT2D eigenvalue weighted by Crippen LogP contribution is 2.42. The summed E-state index contributed by atoms with van der Waals surface area (Å²) in [5.74, 6) is -1.20. The number of ether oxygens (including phenoxy) is 4. The van der Waals surface area contributed by atoms with Crippen LogP contribution in [0.15, 0.2) is 0 Å². The molecule has 0 amide bonds. The monoisotopic (exact) mass is 216 g/mol. The van der Waals surface area contributed by atoms with Crippen LogP contribution in [0.3, 0.4) is 0 Å². The number of hydrogen-bond donors (Lipinski definition) is 0. The number of carbonyl (C=O) groups excluding carboxylic acids is 1. The first-order valence-electron chi connectivity index (χ1n) is 4.97. The minimum atomic E-state index is -1.07. The number of rotatable bonds is 2. The third kappa shape index (κ3) is 1.75. The highest BCUT2D eigenvalue weighted by Gasteiger charge is 2.61. The molecule has 0 aliphatic carbocycles. The molecule has 2 fully saturated rings. The van der Waals surface area contributed by atoms with Crippen LogP contribution in [0.5, 0.6) is 0 Å². The fourth-order valence-corrected chi connectivity index (χ4v) is 2.03. The van der Waals surface area contributed by atoms with Gasteiger partial charge in [-0.2, -0.15) is 0 Å². The van der Waals surface area contributed by atoms with Crippen molar-refractivity contribution in [3.63, 3.8) is 0 Å². The molecular formula is C10H16O5. The lowest BCUT2D eigenvalue weighted by Crippen LogP contribution is -2.48. The van der Waals surface area contributed by atoms with Gasteiger partial charge in [0, 0.05) is 0 Å². The normalized spacial score (nSPS) is 42.7. The zero-order valence-corrected chi connectivity index (χ0v) is 9.40. The highest BCUT2D eigenvalue weighted by molar-refractivity contribution is 5.80. The van der Waals surface area contributed by atoms with Crippen LogP contribution >= 0.6 is 0 Å². The van der Waals surface area contributed by atoms with E-state index in [4.69, 9.17) is 18.9 Å². The molecular weight excluding hydrogens is 200 g/mol. The van der Waals surface area contributed by atoms with Gasteiger partial charge in [0.2, 0.25) is 0 Å². The van der Waals surface area contributed by atoms with Crippen molar-refractivity contribution in [1.29, 1.82) is 0 Å². The molecule has 5 nitrogen and oxygen atoms in total. The molecule has 5 heteroatoms. The van der Waals surface area contributed by atoms with Crippen LogP contribution in [0.1, 0.15) is 20.8 Å². The summed E-state index contributed by atoms with van der Waals surface area (Å²) in [4.78, 5) is 11.7. The highest BCUT2D eigenvalue weighted by atomic mass is 16.8. The fourth-order valence-electron chi connectivity index (χ4n) is 2.03. The average Bonchev–Trinajstić information content (AvgIpc) is 2.92. The first kappa shape index (κ1) is 10.9. The second-order valence-electron chi connectivity index (χ2n) is 4.51.